The van der Waals surface area contributed by atoms with Crippen LogP contribution in [0.4, 0.5) is 5.82 Å². The predicted molar refractivity (Wildman–Crippen MR) is 100 cm³/mol. The standard InChI is InChI=1S/C18H20N4O2S/c1-11-14-16(19-9-12-7-5-6-8-13(12)24-4)20-10-21-17(14)25-15(11)18(23)22(2)3/h5-8,10H,9H2,1-4H3,(H,19,20,21). The van der Waals surface area contributed by atoms with Crippen LogP contribution in [0, 0.1) is 6.92 Å². The van der Waals surface area contributed by atoms with Gasteiger partial charge in [-0.3, -0.25) is 4.79 Å². The minimum Gasteiger partial charge on any atom is -0.496 e. The molecular weight excluding hydrogens is 336 g/mol. The molecule has 7 heteroatoms. The normalized spacial score (nSPS) is 10.7. The van der Waals surface area contributed by atoms with E-state index in [1.54, 1.807) is 26.1 Å². The topological polar surface area (TPSA) is 67.3 Å². The summed E-state index contributed by atoms with van der Waals surface area (Å²) in [5, 5.41) is 4.25. The Labute approximate surface area is 150 Å². The molecule has 0 saturated heterocycles. The van der Waals surface area contributed by atoms with Gasteiger partial charge in [-0.05, 0) is 18.6 Å². The SMILES string of the molecule is COc1ccccc1CNc1ncnc2sc(C(=O)N(C)C)c(C)c12. The third-order valence-corrected chi connectivity index (χ3v) is 5.15. The Morgan fingerprint density at radius 2 is 2.04 bits per heavy atom. The minimum atomic E-state index is -0.0174. The summed E-state index contributed by atoms with van der Waals surface area (Å²) in [4.78, 5) is 24.1. The molecule has 1 aromatic carbocycles. The molecule has 0 fully saturated rings. The lowest BCUT2D eigenvalue weighted by Gasteiger charge is -2.11. The number of carbonyl (C=O) groups is 1. The van der Waals surface area contributed by atoms with Gasteiger partial charge in [0, 0.05) is 26.2 Å². The van der Waals surface area contributed by atoms with Crippen LogP contribution in [0.3, 0.4) is 0 Å². The van der Waals surface area contributed by atoms with Crippen LogP contribution in [0.2, 0.25) is 0 Å². The highest BCUT2D eigenvalue weighted by molar-refractivity contribution is 7.20. The van der Waals surface area contributed by atoms with Gasteiger partial charge in [0.1, 0.15) is 22.7 Å². The monoisotopic (exact) mass is 356 g/mol. The van der Waals surface area contributed by atoms with Crippen LogP contribution in [0.15, 0.2) is 30.6 Å². The average molecular weight is 356 g/mol. The molecule has 130 valence electrons. The molecule has 25 heavy (non-hydrogen) atoms. The molecule has 0 atom stereocenters. The largest absolute Gasteiger partial charge is 0.496 e. The zero-order valence-electron chi connectivity index (χ0n) is 14.7. The number of para-hydroxylation sites is 1. The molecule has 0 aliphatic rings. The number of anilines is 1. The van der Waals surface area contributed by atoms with E-state index < -0.39 is 0 Å². The number of benzene rings is 1. The maximum Gasteiger partial charge on any atom is 0.263 e. The molecule has 0 unspecified atom stereocenters. The first-order valence-electron chi connectivity index (χ1n) is 7.84. The van der Waals surface area contributed by atoms with Gasteiger partial charge in [0.15, 0.2) is 0 Å². The lowest BCUT2D eigenvalue weighted by atomic mass is 10.1. The highest BCUT2D eigenvalue weighted by atomic mass is 32.1. The summed E-state index contributed by atoms with van der Waals surface area (Å²) in [7, 11) is 5.15. The number of fused-ring (bicyclic) bond motifs is 1. The zero-order valence-corrected chi connectivity index (χ0v) is 15.5. The molecule has 2 aromatic heterocycles. The van der Waals surface area contributed by atoms with E-state index in [4.69, 9.17) is 4.74 Å². The quantitative estimate of drug-likeness (QED) is 0.759. The predicted octanol–water partition coefficient (Wildman–Crippen LogP) is 3.32. The minimum absolute atomic E-state index is 0.0174. The Kier molecular flexibility index (Phi) is 4.85. The van der Waals surface area contributed by atoms with Gasteiger partial charge in [0.25, 0.3) is 5.91 Å². The van der Waals surface area contributed by atoms with Crippen molar-refractivity contribution in [2.24, 2.45) is 0 Å². The molecule has 0 spiro atoms. The fourth-order valence-corrected chi connectivity index (χ4v) is 3.81. The molecule has 3 aromatic rings. The van der Waals surface area contributed by atoms with Gasteiger partial charge in [0.05, 0.1) is 17.4 Å². The summed E-state index contributed by atoms with van der Waals surface area (Å²) in [5.41, 5.74) is 1.94. The fraction of sp³-hybridized carbons (Fsp3) is 0.278. The smallest absolute Gasteiger partial charge is 0.263 e. The molecule has 3 rings (SSSR count). The van der Waals surface area contributed by atoms with E-state index in [2.05, 4.69) is 15.3 Å². The van der Waals surface area contributed by atoms with Crippen molar-refractivity contribution in [2.75, 3.05) is 26.5 Å². The number of nitrogens with one attached hydrogen (secondary N) is 1. The van der Waals surface area contributed by atoms with Crippen LogP contribution in [0.1, 0.15) is 20.8 Å². The summed E-state index contributed by atoms with van der Waals surface area (Å²) in [6.07, 6.45) is 1.52. The summed E-state index contributed by atoms with van der Waals surface area (Å²) in [5.74, 6) is 1.53. The van der Waals surface area contributed by atoms with Crippen molar-refractivity contribution in [2.45, 2.75) is 13.5 Å². The van der Waals surface area contributed by atoms with Gasteiger partial charge in [-0.25, -0.2) is 9.97 Å². The maximum atomic E-state index is 12.4. The van der Waals surface area contributed by atoms with E-state index >= 15 is 0 Å². The number of carbonyl (C=O) groups excluding carboxylic acids is 1. The highest BCUT2D eigenvalue weighted by Gasteiger charge is 2.20. The molecule has 1 N–H and O–H groups in total. The van der Waals surface area contributed by atoms with Gasteiger partial charge in [-0.15, -0.1) is 11.3 Å². The number of amides is 1. The number of rotatable bonds is 5. The van der Waals surface area contributed by atoms with E-state index in [0.717, 1.165) is 32.9 Å². The molecule has 0 radical (unpaired) electrons. The molecule has 2 heterocycles. The summed E-state index contributed by atoms with van der Waals surface area (Å²) in [6, 6.07) is 7.84. The molecular formula is C18H20N4O2S. The van der Waals surface area contributed by atoms with Crippen LogP contribution in [-0.4, -0.2) is 42.0 Å². The number of ether oxygens (including phenoxy) is 1. The summed E-state index contributed by atoms with van der Waals surface area (Å²) < 4.78 is 5.39. The van der Waals surface area contributed by atoms with Gasteiger partial charge in [-0.1, -0.05) is 18.2 Å². The van der Waals surface area contributed by atoms with Crippen LogP contribution in [0.5, 0.6) is 5.75 Å². The second-order valence-electron chi connectivity index (χ2n) is 5.82. The van der Waals surface area contributed by atoms with E-state index in [1.165, 1.54) is 17.7 Å². The number of aromatic nitrogens is 2. The molecule has 0 bridgehead atoms. The first-order valence-corrected chi connectivity index (χ1v) is 8.66. The van der Waals surface area contributed by atoms with Crippen LogP contribution < -0.4 is 10.1 Å². The second-order valence-corrected chi connectivity index (χ2v) is 6.82. The Morgan fingerprint density at radius 1 is 1.28 bits per heavy atom. The Bertz CT molecular complexity index is 921. The number of nitrogens with zero attached hydrogens (tertiary/aromatic N) is 3. The van der Waals surface area contributed by atoms with Crippen LogP contribution in [-0.2, 0) is 6.54 Å². The van der Waals surface area contributed by atoms with Gasteiger partial charge in [-0.2, -0.15) is 0 Å². The van der Waals surface area contributed by atoms with E-state index in [9.17, 15) is 4.79 Å². The van der Waals surface area contributed by atoms with E-state index in [-0.39, 0.29) is 5.91 Å². The van der Waals surface area contributed by atoms with Crippen molar-refractivity contribution < 1.29 is 9.53 Å². The Balaban J connectivity index is 1.96. The maximum absolute atomic E-state index is 12.4. The summed E-state index contributed by atoms with van der Waals surface area (Å²) in [6.45, 7) is 2.51. The lowest BCUT2D eigenvalue weighted by Crippen LogP contribution is -2.21. The third kappa shape index (κ3) is 3.28. The number of hydrogen-bond donors (Lipinski definition) is 1. The zero-order chi connectivity index (χ0) is 18.0. The number of methoxy groups -OCH3 is 1. The number of thiophene rings is 1. The van der Waals surface area contributed by atoms with Crippen molar-refractivity contribution in [3.63, 3.8) is 0 Å². The highest BCUT2D eigenvalue weighted by Crippen LogP contribution is 2.34. The molecule has 1 amide bonds. The number of hydrogen-bond acceptors (Lipinski definition) is 6. The molecule has 0 aliphatic carbocycles. The van der Waals surface area contributed by atoms with Crippen LogP contribution >= 0.6 is 11.3 Å². The first-order chi connectivity index (χ1) is 12.0. The molecule has 0 aliphatic heterocycles. The third-order valence-electron chi connectivity index (χ3n) is 3.97. The first kappa shape index (κ1) is 17.2. The van der Waals surface area contributed by atoms with E-state index in [1.807, 2.05) is 31.2 Å². The Morgan fingerprint density at radius 3 is 2.76 bits per heavy atom. The van der Waals surface area contributed by atoms with Gasteiger partial charge < -0.3 is 15.0 Å². The molecule has 6 nitrogen and oxygen atoms in total. The van der Waals surface area contributed by atoms with E-state index in [0.29, 0.717) is 11.4 Å². The lowest BCUT2D eigenvalue weighted by molar-refractivity contribution is 0.0831. The Hall–Kier alpha value is -2.67. The molecule has 0 saturated carbocycles. The summed E-state index contributed by atoms with van der Waals surface area (Å²) >= 11 is 1.40. The van der Waals surface area contributed by atoms with Crippen molar-refractivity contribution in [1.29, 1.82) is 0 Å². The average Bonchev–Trinajstić information content (AvgIpc) is 2.96. The van der Waals surface area contributed by atoms with Crippen molar-refractivity contribution >= 4 is 33.3 Å². The van der Waals surface area contributed by atoms with Crippen molar-refractivity contribution in [1.82, 2.24) is 14.9 Å². The fourth-order valence-electron chi connectivity index (χ4n) is 2.64. The van der Waals surface area contributed by atoms with Gasteiger partial charge in [0.2, 0.25) is 0 Å². The second kappa shape index (κ2) is 7.06. The van der Waals surface area contributed by atoms with Gasteiger partial charge >= 0.3 is 0 Å². The van der Waals surface area contributed by atoms with Crippen molar-refractivity contribution in [3.8, 4) is 5.75 Å². The van der Waals surface area contributed by atoms with Crippen molar-refractivity contribution in [3.05, 3.63) is 46.6 Å². The number of aryl methyl sites for hydroxylation is 1. The van der Waals surface area contributed by atoms with Crippen LogP contribution in [0.25, 0.3) is 10.2 Å².